The van der Waals surface area contributed by atoms with Crippen molar-refractivity contribution in [3.63, 3.8) is 0 Å². The van der Waals surface area contributed by atoms with E-state index in [1.807, 2.05) is 0 Å². The second kappa shape index (κ2) is 5.48. The lowest BCUT2D eigenvalue weighted by atomic mass is 10.3. The lowest BCUT2D eigenvalue weighted by Crippen LogP contribution is -2.16. The van der Waals surface area contributed by atoms with E-state index in [9.17, 15) is 0 Å². The summed E-state index contributed by atoms with van der Waals surface area (Å²) in [6.45, 7) is 6.45. The number of nitrogens with one attached hydrogen (secondary N) is 1. The van der Waals surface area contributed by atoms with Crippen LogP contribution < -0.4 is 5.32 Å². The molecule has 0 aliphatic heterocycles. The molecule has 0 aromatic carbocycles. The third kappa shape index (κ3) is 3.34. The van der Waals surface area contributed by atoms with E-state index in [-0.39, 0.29) is 0 Å². The zero-order valence-electron chi connectivity index (χ0n) is 10.4. The summed E-state index contributed by atoms with van der Waals surface area (Å²) in [5, 5.41) is 8.03. The predicted molar refractivity (Wildman–Crippen MR) is 66.3 cm³/mol. The minimum atomic E-state index is 0.514. The van der Waals surface area contributed by atoms with Crippen molar-refractivity contribution in [2.45, 2.75) is 52.1 Å². The van der Waals surface area contributed by atoms with E-state index in [2.05, 4.69) is 41.2 Å². The summed E-state index contributed by atoms with van der Waals surface area (Å²) in [5.74, 6) is 1.02. The molecule has 1 aromatic heterocycles. The summed E-state index contributed by atoms with van der Waals surface area (Å²) < 4.78 is 2.07. The minimum absolute atomic E-state index is 0.514. The van der Waals surface area contributed by atoms with Crippen LogP contribution in [0.3, 0.4) is 0 Å². The average Bonchev–Trinajstić information content (AvgIpc) is 3.01. The minimum Gasteiger partial charge on any atom is -0.311 e. The summed E-state index contributed by atoms with van der Waals surface area (Å²) in [6, 6.07) is 2.64. The number of aromatic nitrogens is 2. The van der Waals surface area contributed by atoms with Crippen LogP contribution in [-0.2, 0) is 6.54 Å². The zero-order valence-corrected chi connectivity index (χ0v) is 10.4. The van der Waals surface area contributed by atoms with Crippen molar-refractivity contribution < 1.29 is 0 Å². The Morgan fingerprint density at radius 1 is 1.56 bits per heavy atom. The highest BCUT2D eigenvalue weighted by atomic mass is 15.3. The average molecular weight is 221 g/mol. The van der Waals surface area contributed by atoms with Gasteiger partial charge in [-0.3, -0.25) is 4.68 Å². The second-order valence-corrected chi connectivity index (χ2v) is 4.95. The monoisotopic (exact) mass is 221 g/mol. The molecule has 1 atom stereocenters. The second-order valence-electron chi connectivity index (χ2n) is 4.95. The Morgan fingerprint density at radius 2 is 2.38 bits per heavy atom. The third-order valence-corrected chi connectivity index (χ3v) is 3.44. The highest BCUT2D eigenvalue weighted by Crippen LogP contribution is 2.31. The maximum Gasteiger partial charge on any atom is 0.0762 e. The molecule has 1 unspecified atom stereocenters. The molecule has 1 aliphatic carbocycles. The molecule has 1 aromatic rings. The van der Waals surface area contributed by atoms with Crippen LogP contribution in [0.5, 0.6) is 0 Å². The lowest BCUT2D eigenvalue weighted by Gasteiger charge is -2.08. The highest BCUT2D eigenvalue weighted by Gasteiger charge is 2.19. The Bertz CT molecular complexity index is 315. The molecule has 0 bridgehead atoms. The van der Waals surface area contributed by atoms with E-state index < -0.39 is 0 Å². The van der Waals surface area contributed by atoms with Gasteiger partial charge in [0.05, 0.1) is 5.69 Å². The molecule has 3 nitrogen and oxygen atoms in total. The Labute approximate surface area is 98.2 Å². The molecule has 1 aliphatic rings. The molecule has 1 fully saturated rings. The van der Waals surface area contributed by atoms with Crippen molar-refractivity contribution in [3.8, 4) is 0 Å². The first-order chi connectivity index (χ1) is 7.79. The van der Waals surface area contributed by atoms with Crippen molar-refractivity contribution >= 4 is 0 Å². The lowest BCUT2D eigenvalue weighted by molar-refractivity contribution is 0.470. The van der Waals surface area contributed by atoms with Crippen molar-refractivity contribution in [3.05, 3.63) is 18.0 Å². The first-order valence-electron chi connectivity index (χ1n) is 6.54. The third-order valence-electron chi connectivity index (χ3n) is 3.44. The van der Waals surface area contributed by atoms with Gasteiger partial charge < -0.3 is 5.32 Å². The Kier molecular flexibility index (Phi) is 3.99. The van der Waals surface area contributed by atoms with Crippen LogP contribution in [-0.4, -0.2) is 16.3 Å². The molecule has 1 N–H and O–H groups in total. The van der Waals surface area contributed by atoms with Gasteiger partial charge in [-0.1, -0.05) is 19.8 Å². The fourth-order valence-corrected chi connectivity index (χ4v) is 1.83. The Hall–Kier alpha value is -0.830. The molecule has 3 heteroatoms. The van der Waals surface area contributed by atoms with Crippen LogP contribution in [0, 0.1) is 5.92 Å². The van der Waals surface area contributed by atoms with Crippen molar-refractivity contribution in [1.82, 2.24) is 15.1 Å². The topological polar surface area (TPSA) is 29.9 Å². The summed E-state index contributed by atoms with van der Waals surface area (Å²) in [4.78, 5) is 0. The fraction of sp³-hybridized carbons (Fsp3) is 0.769. The summed E-state index contributed by atoms with van der Waals surface area (Å²) in [7, 11) is 0. The first-order valence-corrected chi connectivity index (χ1v) is 6.54. The molecule has 16 heavy (non-hydrogen) atoms. The van der Waals surface area contributed by atoms with E-state index in [1.165, 1.54) is 19.3 Å². The molecule has 1 heterocycles. The van der Waals surface area contributed by atoms with Crippen molar-refractivity contribution in [1.29, 1.82) is 0 Å². The molecule has 0 spiro atoms. The largest absolute Gasteiger partial charge is 0.311 e. The molecule has 0 amide bonds. The maximum atomic E-state index is 4.57. The summed E-state index contributed by atoms with van der Waals surface area (Å²) in [5.41, 5.74) is 1.16. The van der Waals surface area contributed by atoms with Crippen LogP contribution in [0.15, 0.2) is 12.3 Å². The SMILES string of the molecule is CCC(C)n1ccc(CNCCC2CC2)n1. The van der Waals surface area contributed by atoms with Gasteiger partial charge in [-0.2, -0.15) is 5.10 Å². The molecular formula is C13H23N3. The fourth-order valence-electron chi connectivity index (χ4n) is 1.83. The maximum absolute atomic E-state index is 4.57. The van der Waals surface area contributed by atoms with Crippen LogP contribution in [0.1, 0.15) is 51.3 Å². The van der Waals surface area contributed by atoms with Crippen LogP contribution in [0.4, 0.5) is 0 Å². The highest BCUT2D eigenvalue weighted by molar-refractivity contribution is 4.99. The van der Waals surface area contributed by atoms with E-state index in [0.717, 1.165) is 31.1 Å². The zero-order chi connectivity index (χ0) is 11.4. The van der Waals surface area contributed by atoms with Gasteiger partial charge >= 0.3 is 0 Å². The Balaban J connectivity index is 1.69. The normalized spacial score (nSPS) is 17.6. The number of hydrogen-bond donors (Lipinski definition) is 1. The van der Waals surface area contributed by atoms with E-state index >= 15 is 0 Å². The number of hydrogen-bond acceptors (Lipinski definition) is 2. The van der Waals surface area contributed by atoms with Crippen LogP contribution in [0.25, 0.3) is 0 Å². The van der Waals surface area contributed by atoms with Gasteiger partial charge in [0.15, 0.2) is 0 Å². The van der Waals surface area contributed by atoms with Gasteiger partial charge in [-0.25, -0.2) is 0 Å². The van der Waals surface area contributed by atoms with Crippen LogP contribution in [0.2, 0.25) is 0 Å². The van der Waals surface area contributed by atoms with Crippen molar-refractivity contribution in [2.75, 3.05) is 6.54 Å². The quantitative estimate of drug-likeness (QED) is 0.717. The molecule has 0 radical (unpaired) electrons. The van der Waals surface area contributed by atoms with Gasteiger partial charge in [0.25, 0.3) is 0 Å². The summed E-state index contributed by atoms with van der Waals surface area (Å²) in [6.07, 6.45) is 7.46. The van der Waals surface area contributed by atoms with E-state index in [1.54, 1.807) is 0 Å². The van der Waals surface area contributed by atoms with Crippen LogP contribution >= 0.6 is 0 Å². The number of rotatable bonds is 7. The molecule has 0 saturated heterocycles. The predicted octanol–water partition coefficient (Wildman–Crippen LogP) is 2.74. The van der Waals surface area contributed by atoms with Gasteiger partial charge in [0.1, 0.15) is 0 Å². The molecular weight excluding hydrogens is 198 g/mol. The number of nitrogens with zero attached hydrogens (tertiary/aromatic N) is 2. The van der Waals surface area contributed by atoms with Gasteiger partial charge in [-0.15, -0.1) is 0 Å². The van der Waals surface area contributed by atoms with E-state index in [4.69, 9.17) is 0 Å². The summed E-state index contributed by atoms with van der Waals surface area (Å²) >= 11 is 0. The Morgan fingerprint density at radius 3 is 3.06 bits per heavy atom. The van der Waals surface area contributed by atoms with Gasteiger partial charge in [-0.05, 0) is 38.3 Å². The smallest absolute Gasteiger partial charge is 0.0762 e. The molecule has 90 valence electrons. The van der Waals surface area contributed by atoms with Gasteiger partial charge in [0, 0.05) is 18.8 Å². The standard InChI is InChI=1S/C13H23N3/c1-3-11(2)16-9-7-13(15-16)10-14-8-6-12-4-5-12/h7,9,11-12,14H,3-6,8,10H2,1-2H3. The van der Waals surface area contributed by atoms with Crippen molar-refractivity contribution in [2.24, 2.45) is 5.92 Å². The molecule has 1 saturated carbocycles. The molecule has 2 rings (SSSR count). The van der Waals surface area contributed by atoms with E-state index in [0.29, 0.717) is 6.04 Å². The first kappa shape index (κ1) is 11.6. The van der Waals surface area contributed by atoms with Gasteiger partial charge in [0.2, 0.25) is 0 Å².